The summed E-state index contributed by atoms with van der Waals surface area (Å²) in [6, 6.07) is 9.11. The van der Waals surface area contributed by atoms with Gasteiger partial charge in [0, 0.05) is 26.8 Å². The number of nitrogens with zero attached hydrogens (tertiary/aromatic N) is 5. The maximum atomic E-state index is 12.1. The number of hydrogen-bond acceptors (Lipinski definition) is 5. The zero-order chi connectivity index (χ0) is 19.6. The molecule has 1 unspecified atom stereocenters. The molecule has 3 rings (SSSR count). The third-order valence-electron chi connectivity index (χ3n) is 4.17. The van der Waals surface area contributed by atoms with Gasteiger partial charge in [-0.05, 0) is 23.8 Å². The van der Waals surface area contributed by atoms with E-state index < -0.39 is 9.92 Å². The number of pyridine rings is 1. The van der Waals surface area contributed by atoms with Crippen LogP contribution in [0.1, 0.15) is 5.56 Å². The molecule has 0 aliphatic rings. The van der Waals surface area contributed by atoms with Crippen molar-refractivity contribution in [3.05, 3.63) is 47.2 Å². The van der Waals surface area contributed by atoms with Crippen molar-refractivity contribution in [2.45, 2.75) is 18.0 Å². The van der Waals surface area contributed by atoms with E-state index in [9.17, 15) is 4.21 Å². The Kier molecular flexibility index (Phi) is 5.37. The van der Waals surface area contributed by atoms with Gasteiger partial charge in [-0.15, -0.1) is 6.42 Å². The van der Waals surface area contributed by atoms with Crippen LogP contribution < -0.4 is 10.0 Å². The first-order chi connectivity index (χ1) is 12.9. The number of terminal acetylenes is 1. The number of fused-ring (bicyclic) bond motifs is 1. The van der Waals surface area contributed by atoms with Crippen molar-refractivity contribution in [1.82, 2.24) is 14.8 Å². The van der Waals surface area contributed by atoms with Crippen molar-refractivity contribution in [1.29, 1.82) is 0 Å². The van der Waals surface area contributed by atoms with Crippen LogP contribution in [0.3, 0.4) is 0 Å². The summed E-state index contributed by atoms with van der Waals surface area (Å²) in [6.07, 6.45) is 7.09. The van der Waals surface area contributed by atoms with Gasteiger partial charge in [-0.2, -0.15) is 5.10 Å². The molecule has 1 atom stereocenters. The standard InChI is InChI=1S/C18H19ClN6OS/c1-4-11-25-18-16(17(19)23-25)15(9-10-22-18)24(3)12-13-5-7-14(8-6-13)27(20,26)21-2/h1,5-10H,11-12H2,2-3H3,(H2,20,21,26). The molecule has 2 heterocycles. The number of aromatic nitrogens is 3. The summed E-state index contributed by atoms with van der Waals surface area (Å²) in [5.41, 5.74) is 2.55. The lowest BCUT2D eigenvalue weighted by atomic mass is 10.2. The van der Waals surface area contributed by atoms with E-state index in [1.165, 1.54) is 7.05 Å². The fraction of sp³-hybridized carbons (Fsp3) is 0.222. The molecule has 9 heteroatoms. The molecule has 0 saturated heterocycles. The Morgan fingerprint density at radius 2 is 2.07 bits per heavy atom. The van der Waals surface area contributed by atoms with E-state index in [0.29, 0.717) is 28.8 Å². The number of rotatable bonds is 5. The highest BCUT2D eigenvalue weighted by molar-refractivity contribution is 7.91. The summed E-state index contributed by atoms with van der Waals surface area (Å²) in [5, 5.41) is 11.1. The normalized spacial score (nSPS) is 13.1. The molecular weight excluding hydrogens is 384 g/mol. The van der Waals surface area contributed by atoms with Crippen molar-refractivity contribution in [3.8, 4) is 12.3 Å². The lowest BCUT2D eigenvalue weighted by Crippen LogP contribution is -2.17. The van der Waals surface area contributed by atoms with Crippen LogP contribution in [-0.4, -0.2) is 33.1 Å². The minimum absolute atomic E-state index is 0.297. The average Bonchev–Trinajstić information content (AvgIpc) is 2.98. The predicted molar refractivity (Wildman–Crippen MR) is 109 cm³/mol. The number of halogens is 1. The number of anilines is 1. The van der Waals surface area contributed by atoms with Crippen molar-refractivity contribution >= 4 is 38.2 Å². The minimum Gasteiger partial charge on any atom is -0.370 e. The monoisotopic (exact) mass is 402 g/mol. The Hall–Kier alpha value is -2.60. The molecule has 2 N–H and O–H groups in total. The van der Waals surface area contributed by atoms with Gasteiger partial charge in [0.2, 0.25) is 0 Å². The van der Waals surface area contributed by atoms with Gasteiger partial charge in [0.1, 0.15) is 16.5 Å². The lowest BCUT2D eigenvalue weighted by molar-refractivity contribution is 0.677. The fourth-order valence-electron chi connectivity index (χ4n) is 2.81. The van der Waals surface area contributed by atoms with Gasteiger partial charge in [0.25, 0.3) is 0 Å². The SMILES string of the molecule is C#CCn1nc(Cl)c2c(N(C)Cc3ccc(S(N)(=O)=NC)cc3)ccnc21. The molecule has 0 aliphatic heterocycles. The van der Waals surface area contributed by atoms with Gasteiger partial charge in [0.05, 0.1) is 16.0 Å². The second kappa shape index (κ2) is 7.56. The summed E-state index contributed by atoms with van der Waals surface area (Å²) in [4.78, 5) is 6.90. The van der Waals surface area contributed by atoms with Crippen LogP contribution in [-0.2, 0) is 23.0 Å². The van der Waals surface area contributed by atoms with Gasteiger partial charge in [-0.25, -0.2) is 23.4 Å². The van der Waals surface area contributed by atoms with Crippen LogP contribution in [0.4, 0.5) is 5.69 Å². The van der Waals surface area contributed by atoms with Crippen LogP contribution in [0.15, 0.2) is 45.8 Å². The van der Waals surface area contributed by atoms with Gasteiger partial charge < -0.3 is 4.90 Å². The Bertz CT molecular complexity index is 1140. The molecule has 140 valence electrons. The van der Waals surface area contributed by atoms with Gasteiger partial charge in [0.15, 0.2) is 10.8 Å². The molecular formula is C18H19ClN6OS. The van der Waals surface area contributed by atoms with E-state index in [0.717, 1.165) is 16.6 Å². The van der Waals surface area contributed by atoms with Gasteiger partial charge in [-0.3, -0.25) is 0 Å². The highest BCUT2D eigenvalue weighted by atomic mass is 35.5. The second-order valence-corrected chi connectivity index (χ2v) is 8.26. The van der Waals surface area contributed by atoms with Crippen molar-refractivity contribution in [2.75, 3.05) is 19.0 Å². The van der Waals surface area contributed by atoms with Crippen molar-refractivity contribution < 1.29 is 4.21 Å². The van der Waals surface area contributed by atoms with E-state index in [4.69, 9.17) is 23.2 Å². The van der Waals surface area contributed by atoms with Crippen LogP contribution >= 0.6 is 11.6 Å². The first kappa shape index (κ1) is 19.2. The highest BCUT2D eigenvalue weighted by Gasteiger charge is 2.16. The van der Waals surface area contributed by atoms with Crippen LogP contribution in [0.2, 0.25) is 5.15 Å². The summed E-state index contributed by atoms with van der Waals surface area (Å²) in [5.74, 6) is 2.55. The zero-order valence-corrected chi connectivity index (χ0v) is 16.5. The Labute approximate surface area is 163 Å². The van der Waals surface area contributed by atoms with E-state index in [-0.39, 0.29) is 0 Å². The molecule has 3 aromatic rings. The predicted octanol–water partition coefficient (Wildman–Crippen LogP) is 2.68. The Balaban J connectivity index is 1.92. The highest BCUT2D eigenvalue weighted by Crippen LogP contribution is 2.31. The number of nitrogens with two attached hydrogens (primary N) is 1. The molecule has 7 nitrogen and oxygen atoms in total. The summed E-state index contributed by atoms with van der Waals surface area (Å²) in [6.45, 7) is 0.900. The second-order valence-electron chi connectivity index (χ2n) is 5.93. The van der Waals surface area contributed by atoms with Crippen molar-refractivity contribution in [3.63, 3.8) is 0 Å². The average molecular weight is 403 g/mol. The molecule has 0 spiro atoms. The topological polar surface area (TPSA) is 89.4 Å². The number of benzene rings is 1. The summed E-state index contributed by atoms with van der Waals surface area (Å²) >= 11 is 6.33. The minimum atomic E-state index is -2.82. The van der Waals surface area contributed by atoms with Crippen LogP contribution in [0.5, 0.6) is 0 Å². The first-order valence-corrected chi connectivity index (χ1v) is 10.0. The van der Waals surface area contributed by atoms with E-state index in [1.807, 2.05) is 30.1 Å². The molecule has 0 aliphatic carbocycles. The molecule has 1 aromatic carbocycles. The molecule has 0 bridgehead atoms. The third kappa shape index (κ3) is 3.76. The van der Waals surface area contributed by atoms with Crippen LogP contribution in [0, 0.1) is 12.3 Å². The van der Waals surface area contributed by atoms with Gasteiger partial charge >= 0.3 is 0 Å². The smallest absolute Gasteiger partial charge is 0.162 e. The molecule has 0 saturated carbocycles. The Morgan fingerprint density at radius 1 is 1.37 bits per heavy atom. The van der Waals surface area contributed by atoms with Crippen LogP contribution in [0.25, 0.3) is 11.0 Å². The van der Waals surface area contributed by atoms with E-state index in [2.05, 4.69) is 20.4 Å². The number of hydrogen-bond donors (Lipinski definition) is 1. The largest absolute Gasteiger partial charge is 0.370 e. The summed E-state index contributed by atoms with van der Waals surface area (Å²) in [7, 11) is 0.572. The first-order valence-electron chi connectivity index (χ1n) is 8.05. The maximum Gasteiger partial charge on any atom is 0.162 e. The molecule has 2 aromatic heterocycles. The zero-order valence-electron chi connectivity index (χ0n) is 15.0. The lowest BCUT2D eigenvalue weighted by Gasteiger charge is -2.20. The summed E-state index contributed by atoms with van der Waals surface area (Å²) < 4.78 is 17.5. The van der Waals surface area contributed by atoms with Crippen molar-refractivity contribution in [2.24, 2.45) is 9.50 Å². The fourth-order valence-corrected chi connectivity index (χ4v) is 3.82. The molecule has 0 radical (unpaired) electrons. The van der Waals surface area contributed by atoms with E-state index >= 15 is 0 Å². The van der Waals surface area contributed by atoms with Gasteiger partial charge in [-0.1, -0.05) is 29.7 Å². The third-order valence-corrected chi connectivity index (χ3v) is 5.93. The molecule has 27 heavy (non-hydrogen) atoms. The quantitative estimate of drug-likeness (QED) is 0.664. The molecule has 0 amide bonds. The Morgan fingerprint density at radius 3 is 2.70 bits per heavy atom. The molecule has 0 fully saturated rings. The van der Waals surface area contributed by atoms with E-state index in [1.54, 1.807) is 23.0 Å². The maximum absolute atomic E-state index is 12.1.